The number of aromatic nitrogens is 3. The number of likely N-dealkylation sites (N-methyl/N-ethyl adjacent to an activating group) is 1. The SMILES string of the molecule is CC1CNCCN1c1nc(OCC2CCCN2C)nc2c(F)c(-c3cccc4sc(N)nc34)c(Cl)cc12. The van der Waals surface area contributed by atoms with Gasteiger partial charge < -0.3 is 25.6 Å². The Morgan fingerprint density at radius 3 is 2.89 bits per heavy atom. The lowest BCUT2D eigenvalue weighted by atomic mass is 10.0. The first-order chi connectivity index (χ1) is 17.9. The Morgan fingerprint density at radius 1 is 1.24 bits per heavy atom. The smallest absolute Gasteiger partial charge is 0.319 e. The first-order valence-electron chi connectivity index (χ1n) is 12.6. The number of hydrogen-bond donors (Lipinski definition) is 2. The number of ether oxygens (including phenoxy) is 1. The molecule has 2 atom stereocenters. The van der Waals surface area contributed by atoms with Crippen molar-refractivity contribution in [2.24, 2.45) is 0 Å². The largest absolute Gasteiger partial charge is 0.462 e. The molecule has 0 spiro atoms. The third-order valence-electron chi connectivity index (χ3n) is 7.40. The highest BCUT2D eigenvalue weighted by Crippen LogP contribution is 2.42. The summed E-state index contributed by atoms with van der Waals surface area (Å²) in [6.07, 6.45) is 2.19. The predicted molar refractivity (Wildman–Crippen MR) is 148 cm³/mol. The minimum absolute atomic E-state index is 0.161. The van der Waals surface area contributed by atoms with Crippen LogP contribution in [0.15, 0.2) is 24.3 Å². The van der Waals surface area contributed by atoms with Crippen LogP contribution in [0.1, 0.15) is 19.8 Å². The number of rotatable bonds is 5. The molecule has 0 amide bonds. The van der Waals surface area contributed by atoms with Gasteiger partial charge in [-0.05, 0) is 45.5 Å². The molecule has 37 heavy (non-hydrogen) atoms. The Balaban J connectivity index is 1.52. The number of hydrogen-bond acceptors (Lipinski definition) is 9. The average molecular weight is 542 g/mol. The van der Waals surface area contributed by atoms with E-state index < -0.39 is 5.82 Å². The van der Waals surface area contributed by atoms with Crippen LogP contribution in [-0.2, 0) is 0 Å². The molecule has 4 aromatic rings. The molecule has 0 saturated carbocycles. The highest BCUT2D eigenvalue weighted by Gasteiger charge is 2.28. The second kappa shape index (κ2) is 9.83. The quantitative estimate of drug-likeness (QED) is 0.380. The van der Waals surface area contributed by atoms with Gasteiger partial charge in [-0.15, -0.1) is 0 Å². The number of likely N-dealkylation sites (tertiary alicyclic amines) is 1. The van der Waals surface area contributed by atoms with Crippen LogP contribution < -0.4 is 20.7 Å². The van der Waals surface area contributed by atoms with E-state index in [-0.39, 0.29) is 28.2 Å². The van der Waals surface area contributed by atoms with E-state index in [0.717, 1.165) is 43.7 Å². The minimum atomic E-state index is -0.518. The maximum Gasteiger partial charge on any atom is 0.319 e. The fourth-order valence-electron chi connectivity index (χ4n) is 5.37. The lowest BCUT2D eigenvalue weighted by Gasteiger charge is -2.35. The molecular formula is C26H29ClFN7OS. The monoisotopic (exact) mass is 541 g/mol. The molecule has 0 aliphatic carbocycles. The number of thiazole rings is 1. The summed E-state index contributed by atoms with van der Waals surface area (Å²) in [6, 6.07) is 7.98. The van der Waals surface area contributed by atoms with Crippen molar-refractivity contribution >= 4 is 55.0 Å². The van der Waals surface area contributed by atoms with Crippen LogP contribution in [0.4, 0.5) is 15.3 Å². The number of nitrogens with one attached hydrogen (secondary N) is 1. The second-order valence-corrected chi connectivity index (χ2v) is 11.3. The number of piperazine rings is 1. The number of anilines is 2. The molecule has 8 nitrogen and oxygen atoms in total. The van der Waals surface area contributed by atoms with Crippen molar-refractivity contribution in [3.63, 3.8) is 0 Å². The Hall–Kier alpha value is -2.79. The van der Waals surface area contributed by atoms with Gasteiger partial charge in [-0.1, -0.05) is 35.1 Å². The van der Waals surface area contributed by atoms with E-state index in [4.69, 9.17) is 27.1 Å². The van der Waals surface area contributed by atoms with Gasteiger partial charge in [0.2, 0.25) is 0 Å². The molecule has 2 saturated heterocycles. The van der Waals surface area contributed by atoms with Crippen molar-refractivity contribution in [1.82, 2.24) is 25.2 Å². The summed E-state index contributed by atoms with van der Waals surface area (Å²) in [7, 11) is 2.09. The number of para-hydroxylation sites is 1. The summed E-state index contributed by atoms with van der Waals surface area (Å²) in [6.45, 7) is 5.96. The van der Waals surface area contributed by atoms with Gasteiger partial charge in [-0.25, -0.2) is 9.37 Å². The molecule has 2 fully saturated rings. The molecule has 6 rings (SSSR count). The molecule has 2 aromatic carbocycles. The molecular weight excluding hydrogens is 513 g/mol. The Kier molecular flexibility index (Phi) is 6.52. The van der Waals surface area contributed by atoms with E-state index in [1.165, 1.54) is 11.3 Å². The third kappa shape index (κ3) is 4.46. The summed E-state index contributed by atoms with van der Waals surface area (Å²) in [5.74, 6) is 0.119. The zero-order valence-electron chi connectivity index (χ0n) is 20.8. The van der Waals surface area contributed by atoms with Crippen LogP contribution in [0.25, 0.3) is 32.2 Å². The number of nitrogens with zero attached hydrogens (tertiary/aromatic N) is 5. The zero-order valence-corrected chi connectivity index (χ0v) is 22.4. The number of nitrogen functional groups attached to an aromatic ring is 1. The molecule has 2 aliphatic rings. The van der Waals surface area contributed by atoms with E-state index in [2.05, 4.69) is 39.1 Å². The number of halogens is 2. The van der Waals surface area contributed by atoms with Crippen molar-refractivity contribution in [3.8, 4) is 17.1 Å². The first-order valence-corrected chi connectivity index (χ1v) is 13.8. The minimum Gasteiger partial charge on any atom is -0.462 e. The Bertz CT molecular complexity index is 1480. The van der Waals surface area contributed by atoms with Crippen LogP contribution >= 0.6 is 22.9 Å². The lowest BCUT2D eigenvalue weighted by molar-refractivity contribution is 0.188. The van der Waals surface area contributed by atoms with Gasteiger partial charge in [0.15, 0.2) is 10.9 Å². The fourth-order valence-corrected chi connectivity index (χ4v) is 6.43. The van der Waals surface area contributed by atoms with Gasteiger partial charge in [0.05, 0.1) is 15.2 Å². The molecule has 2 unspecified atom stereocenters. The van der Waals surface area contributed by atoms with Gasteiger partial charge >= 0.3 is 6.01 Å². The molecule has 4 heterocycles. The van der Waals surface area contributed by atoms with Crippen LogP contribution in [-0.4, -0.2) is 71.8 Å². The van der Waals surface area contributed by atoms with E-state index >= 15 is 4.39 Å². The summed E-state index contributed by atoms with van der Waals surface area (Å²) >= 11 is 8.14. The fraction of sp³-hybridized carbons (Fsp3) is 0.423. The van der Waals surface area contributed by atoms with Crippen molar-refractivity contribution in [1.29, 1.82) is 0 Å². The topological polar surface area (TPSA) is 92.4 Å². The van der Waals surface area contributed by atoms with Crippen LogP contribution in [0.2, 0.25) is 5.02 Å². The molecule has 0 bridgehead atoms. The predicted octanol–water partition coefficient (Wildman–Crippen LogP) is 4.55. The van der Waals surface area contributed by atoms with E-state index in [1.54, 1.807) is 6.07 Å². The van der Waals surface area contributed by atoms with E-state index in [0.29, 0.717) is 40.1 Å². The summed E-state index contributed by atoms with van der Waals surface area (Å²) in [5.41, 5.74) is 7.61. The number of fused-ring (bicyclic) bond motifs is 2. The van der Waals surface area contributed by atoms with E-state index in [1.807, 2.05) is 18.2 Å². The van der Waals surface area contributed by atoms with Crippen LogP contribution in [0, 0.1) is 5.82 Å². The zero-order chi connectivity index (χ0) is 25.7. The molecule has 3 N–H and O–H groups in total. The standard InChI is InChI=1S/C26H29ClFN7OS/c1-14-12-30-8-10-35(14)24-17-11-18(27)20(16-6-3-7-19-22(16)31-25(29)37-19)21(28)23(17)32-26(33-24)36-13-15-5-4-9-34(15)2/h3,6-7,11,14-15,30H,4-5,8-10,12-13H2,1-2H3,(H2,29,31). The van der Waals surface area contributed by atoms with Gasteiger partial charge in [0.1, 0.15) is 17.9 Å². The van der Waals surface area contributed by atoms with Crippen molar-refractivity contribution < 1.29 is 9.13 Å². The maximum absolute atomic E-state index is 16.5. The van der Waals surface area contributed by atoms with Crippen molar-refractivity contribution in [3.05, 3.63) is 35.1 Å². The Morgan fingerprint density at radius 2 is 2.11 bits per heavy atom. The number of benzene rings is 2. The lowest BCUT2D eigenvalue weighted by Crippen LogP contribution is -2.50. The average Bonchev–Trinajstić information content (AvgIpc) is 3.47. The van der Waals surface area contributed by atoms with Gasteiger partial charge in [-0.2, -0.15) is 9.97 Å². The van der Waals surface area contributed by atoms with Gasteiger partial charge in [0, 0.05) is 48.2 Å². The Labute approximate surface area is 223 Å². The van der Waals surface area contributed by atoms with Gasteiger partial charge in [0.25, 0.3) is 0 Å². The maximum atomic E-state index is 16.5. The van der Waals surface area contributed by atoms with E-state index in [9.17, 15) is 0 Å². The molecule has 2 aromatic heterocycles. The molecule has 194 valence electrons. The molecule has 11 heteroatoms. The highest BCUT2D eigenvalue weighted by molar-refractivity contribution is 7.22. The molecule has 2 aliphatic heterocycles. The highest BCUT2D eigenvalue weighted by atomic mass is 35.5. The van der Waals surface area contributed by atoms with Crippen LogP contribution in [0.3, 0.4) is 0 Å². The third-order valence-corrected chi connectivity index (χ3v) is 8.54. The van der Waals surface area contributed by atoms with Gasteiger partial charge in [-0.3, -0.25) is 0 Å². The normalized spacial score (nSPS) is 20.8. The second-order valence-electron chi connectivity index (χ2n) is 9.81. The summed E-state index contributed by atoms with van der Waals surface area (Å²) in [5, 5.41) is 4.66. The summed E-state index contributed by atoms with van der Waals surface area (Å²) in [4.78, 5) is 18.3. The summed E-state index contributed by atoms with van der Waals surface area (Å²) < 4.78 is 23.4. The first kappa shape index (κ1) is 24.5. The molecule has 0 radical (unpaired) electrons. The number of nitrogens with two attached hydrogens (primary N) is 1. The van der Waals surface area contributed by atoms with Crippen LogP contribution in [0.5, 0.6) is 6.01 Å². The van der Waals surface area contributed by atoms with Crippen molar-refractivity contribution in [2.45, 2.75) is 31.8 Å². The van der Waals surface area contributed by atoms with Crippen molar-refractivity contribution in [2.75, 3.05) is 50.5 Å².